The number of benzene rings is 1. The number of likely N-dealkylation sites (N-methyl/N-ethyl adjacent to an activating group) is 1. The lowest BCUT2D eigenvalue weighted by atomic mass is 10.2. The molecule has 0 unspecified atom stereocenters. The molecule has 1 aromatic rings. The van der Waals surface area contributed by atoms with Gasteiger partial charge in [-0.2, -0.15) is 0 Å². The van der Waals surface area contributed by atoms with Gasteiger partial charge < -0.3 is 19.5 Å². The fourth-order valence-corrected chi connectivity index (χ4v) is 2.58. The van der Waals surface area contributed by atoms with Crippen molar-refractivity contribution in [2.45, 2.75) is 19.6 Å². The topological polar surface area (TPSA) is 43.0 Å². The molecule has 0 aliphatic carbocycles. The van der Waals surface area contributed by atoms with Crippen LogP contribution in [0.5, 0.6) is 11.5 Å². The minimum Gasteiger partial charge on any atom is -0.497 e. The van der Waals surface area contributed by atoms with Gasteiger partial charge in [0.1, 0.15) is 11.5 Å². The molecule has 21 heavy (non-hydrogen) atoms. The second-order valence-corrected chi connectivity index (χ2v) is 5.19. The largest absolute Gasteiger partial charge is 0.497 e. The maximum absolute atomic E-state index is 5.79. The molecule has 0 aromatic heterocycles. The Balaban J connectivity index is 1.85. The summed E-state index contributed by atoms with van der Waals surface area (Å²) in [4.78, 5) is 2.42. The SMILES string of the molecule is CCN1CCO[C@H](CNCc2cc(OC)ccc2OC)C1. The standard InChI is InChI=1S/C16H26N2O3/c1-4-18-7-8-21-15(12-18)11-17-10-13-9-14(19-2)5-6-16(13)20-3/h5-6,9,15,17H,4,7-8,10-12H2,1-3H3/t15-/m1/s1. The van der Waals surface area contributed by atoms with Crippen LogP contribution in [0.2, 0.25) is 0 Å². The molecular weight excluding hydrogens is 268 g/mol. The Morgan fingerprint density at radius 3 is 2.90 bits per heavy atom. The van der Waals surface area contributed by atoms with Crippen molar-refractivity contribution in [2.24, 2.45) is 0 Å². The van der Waals surface area contributed by atoms with E-state index in [1.165, 1.54) is 0 Å². The van der Waals surface area contributed by atoms with Gasteiger partial charge in [0.05, 0.1) is 26.9 Å². The number of ether oxygens (including phenoxy) is 3. The fraction of sp³-hybridized carbons (Fsp3) is 0.625. The summed E-state index contributed by atoms with van der Waals surface area (Å²) in [5.74, 6) is 1.72. The highest BCUT2D eigenvalue weighted by Gasteiger charge is 2.18. The lowest BCUT2D eigenvalue weighted by molar-refractivity contribution is -0.0253. The van der Waals surface area contributed by atoms with Crippen LogP contribution in [0, 0.1) is 0 Å². The van der Waals surface area contributed by atoms with Crippen LogP contribution in [0.15, 0.2) is 18.2 Å². The van der Waals surface area contributed by atoms with Crippen LogP contribution in [0.4, 0.5) is 0 Å². The van der Waals surface area contributed by atoms with E-state index in [9.17, 15) is 0 Å². The molecule has 1 heterocycles. The summed E-state index contributed by atoms with van der Waals surface area (Å²) in [6, 6.07) is 5.85. The van der Waals surface area contributed by atoms with Gasteiger partial charge in [0.25, 0.3) is 0 Å². The number of nitrogens with one attached hydrogen (secondary N) is 1. The van der Waals surface area contributed by atoms with E-state index in [0.717, 1.165) is 56.4 Å². The van der Waals surface area contributed by atoms with Gasteiger partial charge in [-0.05, 0) is 24.7 Å². The molecule has 5 nitrogen and oxygen atoms in total. The normalized spacial score (nSPS) is 19.5. The maximum Gasteiger partial charge on any atom is 0.123 e. The molecule has 0 saturated carbocycles. The van der Waals surface area contributed by atoms with Crippen molar-refractivity contribution in [1.82, 2.24) is 10.2 Å². The van der Waals surface area contributed by atoms with E-state index in [2.05, 4.69) is 17.1 Å². The predicted molar refractivity (Wildman–Crippen MR) is 83.1 cm³/mol. The molecule has 1 saturated heterocycles. The van der Waals surface area contributed by atoms with E-state index in [1.54, 1.807) is 14.2 Å². The number of rotatable bonds is 7. The zero-order valence-electron chi connectivity index (χ0n) is 13.2. The lowest BCUT2D eigenvalue weighted by Crippen LogP contribution is -2.46. The van der Waals surface area contributed by atoms with Gasteiger partial charge in [-0.25, -0.2) is 0 Å². The summed E-state index contributed by atoms with van der Waals surface area (Å²) < 4.78 is 16.4. The molecule has 118 valence electrons. The third-order valence-corrected chi connectivity index (χ3v) is 3.85. The van der Waals surface area contributed by atoms with Crippen LogP contribution in [-0.2, 0) is 11.3 Å². The van der Waals surface area contributed by atoms with Gasteiger partial charge >= 0.3 is 0 Å². The first-order chi connectivity index (χ1) is 10.3. The third kappa shape index (κ3) is 4.59. The van der Waals surface area contributed by atoms with Crippen molar-refractivity contribution in [1.29, 1.82) is 0 Å². The Morgan fingerprint density at radius 1 is 1.33 bits per heavy atom. The molecule has 2 rings (SSSR count). The molecule has 0 bridgehead atoms. The average molecular weight is 294 g/mol. The first kappa shape index (κ1) is 16.1. The zero-order chi connectivity index (χ0) is 15.1. The van der Waals surface area contributed by atoms with E-state index in [1.807, 2.05) is 18.2 Å². The zero-order valence-corrected chi connectivity index (χ0v) is 13.2. The van der Waals surface area contributed by atoms with Crippen LogP contribution in [-0.4, -0.2) is 58.0 Å². The van der Waals surface area contributed by atoms with E-state index in [4.69, 9.17) is 14.2 Å². The summed E-state index contributed by atoms with van der Waals surface area (Å²) in [5.41, 5.74) is 1.10. The van der Waals surface area contributed by atoms with Gasteiger partial charge in [-0.3, -0.25) is 4.90 Å². The molecule has 1 atom stereocenters. The van der Waals surface area contributed by atoms with Crippen LogP contribution < -0.4 is 14.8 Å². The second kappa shape index (κ2) is 8.22. The second-order valence-electron chi connectivity index (χ2n) is 5.19. The number of nitrogens with zero attached hydrogens (tertiary/aromatic N) is 1. The summed E-state index contributed by atoms with van der Waals surface area (Å²) in [7, 11) is 3.36. The number of methoxy groups -OCH3 is 2. The van der Waals surface area contributed by atoms with Crippen molar-refractivity contribution in [3.05, 3.63) is 23.8 Å². The van der Waals surface area contributed by atoms with Gasteiger partial charge in [0.2, 0.25) is 0 Å². The van der Waals surface area contributed by atoms with Gasteiger partial charge in [0, 0.05) is 31.7 Å². The minimum absolute atomic E-state index is 0.260. The number of hydrogen-bond donors (Lipinski definition) is 1. The fourth-order valence-electron chi connectivity index (χ4n) is 2.58. The Bertz CT molecular complexity index is 440. The molecule has 0 amide bonds. The number of morpholine rings is 1. The highest BCUT2D eigenvalue weighted by Crippen LogP contribution is 2.23. The Hall–Kier alpha value is -1.30. The average Bonchev–Trinajstić information content (AvgIpc) is 2.55. The van der Waals surface area contributed by atoms with Crippen molar-refractivity contribution in [2.75, 3.05) is 47.0 Å². The maximum atomic E-state index is 5.79. The van der Waals surface area contributed by atoms with Gasteiger partial charge in [0.15, 0.2) is 0 Å². The van der Waals surface area contributed by atoms with E-state index < -0.39 is 0 Å². The Morgan fingerprint density at radius 2 is 2.19 bits per heavy atom. The minimum atomic E-state index is 0.260. The van der Waals surface area contributed by atoms with Crippen LogP contribution in [0.25, 0.3) is 0 Å². The first-order valence-corrected chi connectivity index (χ1v) is 7.52. The van der Waals surface area contributed by atoms with E-state index >= 15 is 0 Å². The van der Waals surface area contributed by atoms with Crippen molar-refractivity contribution in [3.8, 4) is 11.5 Å². The lowest BCUT2D eigenvalue weighted by Gasteiger charge is -2.32. The molecular formula is C16H26N2O3. The third-order valence-electron chi connectivity index (χ3n) is 3.85. The predicted octanol–water partition coefficient (Wildman–Crippen LogP) is 1.51. The molecule has 0 spiro atoms. The van der Waals surface area contributed by atoms with Crippen LogP contribution in [0.3, 0.4) is 0 Å². The van der Waals surface area contributed by atoms with Crippen LogP contribution >= 0.6 is 0 Å². The molecule has 1 aromatic carbocycles. The summed E-state index contributed by atoms with van der Waals surface area (Å²) in [6.45, 7) is 7.72. The molecule has 5 heteroatoms. The van der Waals surface area contributed by atoms with Crippen molar-refractivity contribution in [3.63, 3.8) is 0 Å². The summed E-state index contributed by atoms with van der Waals surface area (Å²) in [6.07, 6.45) is 0.260. The van der Waals surface area contributed by atoms with Gasteiger partial charge in [-0.1, -0.05) is 6.92 Å². The van der Waals surface area contributed by atoms with Crippen molar-refractivity contribution >= 4 is 0 Å². The van der Waals surface area contributed by atoms with Gasteiger partial charge in [-0.15, -0.1) is 0 Å². The summed E-state index contributed by atoms with van der Waals surface area (Å²) >= 11 is 0. The molecule has 1 aliphatic heterocycles. The number of hydrogen-bond acceptors (Lipinski definition) is 5. The molecule has 1 fully saturated rings. The molecule has 0 radical (unpaired) electrons. The monoisotopic (exact) mass is 294 g/mol. The molecule has 1 aliphatic rings. The smallest absolute Gasteiger partial charge is 0.123 e. The summed E-state index contributed by atoms with van der Waals surface area (Å²) in [5, 5.41) is 3.45. The highest BCUT2D eigenvalue weighted by molar-refractivity contribution is 5.40. The van der Waals surface area contributed by atoms with E-state index in [0.29, 0.717) is 0 Å². The highest BCUT2D eigenvalue weighted by atomic mass is 16.5. The Kier molecular flexibility index (Phi) is 6.29. The van der Waals surface area contributed by atoms with Crippen molar-refractivity contribution < 1.29 is 14.2 Å². The van der Waals surface area contributed by atoms with E-state index in [-0.39, 0.29) is 6.10 Å². The van der Waals surface area contributed by atoms with Crippen LogP contribution in [0.1, 0.15) is 12.5 Å². The Labute approximate surface area is 127 Å². The first-order valence-electron chi connectivity index (χ1n) is 7.52. The molecule has 1 N–H and O–H groups in total. The quantitative estimate of drug-likeness (QED) is 0.826.